The standard InChI is InChI=1S/C20H30N2O2/c23-20(18-14-19(24-21-18)15-12-13-15)22(17-10-6-3-7-11-17)16-8-4-1-2-5-9-16/h14-17H,1-13H2. The van der Waals surface area contributed by atoms with Crippen LogP contribution in [0.3, 0.4) is 0 Å². The van der Waals surface area contributed by atoms with Crippen LogP contribution in [0.15, 0.2) is 10.6 Å². The molecule has 1 aromatic heterocycles. The van der Waals surface area contributed by atoms with Crippen LogP contribution in [-0.4, -0.2) is 28.0 Å². The highest BCUT2D eigenvalue weighted by Gasteiger charge is 2.35. The molecule has 0 aliphatic heterocycles. The van der Waals surface area contributed by atoms with Gasteiger partial charge in [-0.05, 0) is 38.5 Å². The molecular formula is C20H30N2O2. The third-order valence-electron chi connectivity index (χ3n) is 6.15. The molecule has 0 saturated heterocycles. The van der Waals surface area contributed by atoms with E-state index in [1.165, 1.54) is 57.8 Å². The predicted molar refractivity (Wildman–Crippen MR) is 93.0 cm³/mol. The van der Waals surface area contributed by atoms with E-state index in [-0.39, 0.29) is 5.91 Å². The van der Waals surface area contributed by atoms with Crippen molar-refractivity contribution in [2.24, 2.45) is 0 Å². The second-order valence-electron chi connectivity index (χ2n) is 8.04. The number of amides is 1. The lowest BCUT2D eigenvalue weighted by atomic mass is 9.91. The second-order valence-corrected chi connectivity index (χ2v) is 8.04. The Morgan fingerprint density at radius 1 is 0.875 bits per heavy atom. The lowest BCUT2D eigenvalue weighted by molar-refractivity contribution is 0.0475. The van der Waals surface area contributed by atoms with Crippen LogP contribution >= 0.6 is 0 Å². The van der Waals surface area contributed by atoms with Crippen molar-refractivity contribution in [1.29, 1.82) is 0 Å². The van der Waals surface area contributed by atoms with Gasteiger partial charge in [0.2, 0.25) is 0 Å². The monoisotopic (exact) mass is 330 g/mol. The molecule has 3 aliphatic carbocycles. The minimum atomic E-state index is 0.129. The van der Waals surface area contributed by atoms with E-state index in [4.69, 9.17) is 4.52 Å². The van der Waals surface area contributed by atoms with E-state index in [0.29, 0.717) is 23.7 Å². The first-order valence-electron chi connectivity index (χ1n) is 10.1. The summed E-state index contributed by atoms with van der Waals surface area (Å²) in [5.41, 5.74) is 0.548. The van der Waals surface area contributed by atoms with E-state index < -0.39 is 0 Å². The summed E-state index contributed by atoms with van der Waals surface area (Å²) in [7, 11) is 0. The number of hydrogen-bond donors (Lipinski definition) is 0. The largest absolute Gasteiger partial charge is 0.360 e. The zero-order valence-corrected chi connectivity index (χ0v) is 14.7. The molecular weight excluding hydrogens is 300 g/mol. The molecule has 0 bridgehead atoms. The van der Waals surface area contributed by atoms with Crippen molar-refractivity contribution in [2.45, 2.75) is 101 Å². The third kappa shape index (κ3) is 3.52. The van der Waals surface area contributed by atoms with E-state index in [1.807, 2.05) is 6.07 Å². The zero-order chi connectivity index (χ0) is 16.4. The summed E-state index contributed by atoms with van der Waals surface area (Å²) < 4.78 is 5.46. The molecule has 1 heterocycles. The van der Waals surface area contributed by atoms with Gasteiger partial charge < -0.3 is 9.42 Å². The molecule has 0 aromatic carbocycles. The topological polar surface area (TPSA) is 46.3 Å². The first kappa shape index (κ1) is 16.2. The van der Waals surface area contributed by atoms with Crippen molar-refractivity contribution < 1.29 is 9.32 Å². The van der Waals surface area contributed by atoms with Gasteiger partial charge in [-0.2, -0.15) is 0 Å². The van der Waals surface area contributed by atoms with Crippen molar-refractivity contribution in [3.05, 3.63) is 17.5 Å². The molecule has 0 unspecified atom stereocenters. The Kier molecular flexibility index (Phi) is 4.91. The molecule has 3 fully saturated rings. The normalized spacial score (nSPS) is 23.8. The van der Waals surface area contributed by atoms with Crippen molar-refractivity contribution in [1.82, 2.24) is 10.1 Å². The molecule has 24 heavy (non-hydrogen) atoms. The maximum absolute atomic E-state index is 13.3. The SMILES string of the molecule is O=C(c1cc(C2CC2)on1)N(C1CCCCCC1)C1CCCCC1. The van der Waals surface area contributed by atoms with Gasteiger partial charge in [-0.15, -0.1) is 0 Å². The summed E-state index contributed by atoms with van der Waals surface area (Å²) >= 11 is 0. The van der Waals surface area contributed by atoms with Crippen LogP contribution < -0.4 is 0 Å². The highest BCUT2D eigenvalue weighted by Crippen LogP contribution is 2.40. The summed E-state index contributed by atoms with van der Waals surface area (Å²) in [4.78, 5) is 15.6. The average molecular weight is 330 g/mol. The molecule has 3 saturated carbocycles. The molecule has 0 atom stereocenters. The van der Waals surface area contributed by atoms with Crippen LogP contribution in [0.25, 0.3) is 0 Å². The fraction of sp³-hybridized carbons (Fsp3) is 0.800. The Morgan fingerprint density at radius 3 is 1.96 bits per heavy atom. The minimum absolute atomic E-state index is 0.129. The molecule has 4 nitrogen and oxygen atoms in total. The van der Waals surface area contributed by atoms with Crippen LogP contribution in [0, 0.1) is 0 Å². The number of aromatic nitrogens is 1. The Labute approximate surface area is 145 Å². The highest BCUT2D eigenvalue weighted by atomic mass is 16.5. The Hall–Kier alpha value is -1.32. The van der Waals surface area contributed by atoms with Crippen molar-refractivity contribution in [2.75, 3.05) is 0 Å². The van der Waals surface area contributed by atoms with Crippen LogP contribution in [0.2, 0.25) is 0 Å². The van der Waals surface area contributed by atoms with E-state index in [9.17, 15) is 4.79 Å². The molecule has 0 spiro atoms. The summed E-state index contributed by atoms with van der Waals surface area (Å²) in [6, 6.07) is 2.74. The average Bonchev–Trinajstić information content (AvgIpc) is 3.40. The van der Waals surface area contributed by atoms with Gasteiger partial charge in [-0.1, -0.05) is 50.1 Å². The van der Waals surface area contributed by atoms with E-state index >= 15 is 0 Å². The number of hydrogen-bond acceptors (Lipinski definition) is 3. The van der Waals surface area contributed by atoms with Crippen molar-refractivity contribution >= 4 is 5.91 Å². The van der Waals surface area contributed by atoms with Crippen molar-refractivity contribution in [3.63, 3.8) is 0 Å². The number of carbonyl (C=O) groups excluding carboxylic acids is 1. The van der Waals surface area contributed by atoms with Crippen LogP contribution in [-0.2, 0) is 0 Å². The van der Waals surface area contributed by atoms with Gasteiger partial charge in [0, 0.05) is 24.1 Å². The fourth-order valence-corrected chi connectivity index (χ4v) is 4.61. The summed E-state index contributed by atoms with van der Waals surface area (Å²) in [5.74, 6) is 1.56. The van der Waals surface area contributed by atoms with Gasteiger partial charge >= 0.3 is 0 Å². The summed E-state index contributed by atoms with van der Waals surface area (Å²) in [5, 5.41) is 4.15. The Morgan fingerprint density at radius 2 is 1.42 bits per heavy atom. The second kappa shape index (κ2) is 7.28. The third-order valence-corrected chi connectivity index (χ3v) is 6.15. The van der Waals surface area contributed by atoms with Gasteiger partial charge in [-0.25, -0.2) is 0 Å². The number of carbonyl (C=O) groups is 1. The number of nitrogens with zero attached hydrogens (tertiary/aromatic N) is 2. The van der Waals surface area contributed by atoms with E-state index in [1.54, 1.807) is 0 Å². The summed E-state index contributed by atoms with van der Waals surface area (Å²) in [6.45, 7) is 0. The molecule has 4 rings (SSSR count). The Balaban J connectivity index is 1.55. The van der Waals surface area contributed by atoms with Gasteiger partial charge in [0.15, 0.2) is 5.69 Å². The van der Waals surface area contributed by atoms with Gasteiger partial charge in [0.05, 0.1) is 0 Å². The minimum Gasteiger partial charge on any atom is -0.360 e. The Bertz CT molecular complexity index is 550. The molecule has 132 valence electrons. The molecule has 1 amide bonds. The molecule has 0 N–H and O–H groups in total. The first-order chi connectivity index (χ1) is 11.8. The predicted octanol–water partition coefficient (Wildman–Crippen LogP) is 5.05. The van der Waals surface area contributed by atoms with Gasteiger partial charge in [0.25, 0.3) is 5.91 Å². The maximum Gasteiger partial charge on any atom is 0.276 e. The lowest BCUT2D eigenvalue weighted by Gasteiger charge is -2.39. The van der Waals surface area contributed by atoms with Crippen LogP contribution in [0.5, 0.6) is 0 Å². The van der Waals surface area contributed by atoms with Crippen molar-refractivity contribution in [3.8, 4) is 0 Å². The highest BCUT2D eigenvalue weighted by molar-refractivity contribution is 5.92. The smallest absolute Gasteiger partial charge is 0.276 e. The molecule has 3 aliphatic rings. The van der Waals surface area contributed by atoms with Crippen LogP contribution in [0.1, 0.15) is 106 Å². The van der Waals surface area contributed by atoms with E-state index in [2.05, 4.69) is 10.1 Å². The first-order valence-corrected chi connectivity index (χ1v) is 10.1. The molecule has 1 aromatic rings. The quantitative estimate of drug-likeness (QED) is 0.726. The lowest BCUT2D eigenvalue weighted by Crippen LogP contribution is -2.48. The zero-order valence-electron chi connectivity index (χ0n) is 14.7. The molecule has 0 radical (unpaired) electrons. The van der Waals surface area contributed by atoms with Gasteiger partial charge in [0.1, 0.15) is 5.76 Å². The van der Waals surface area contributed by atoms with Gasteiger partial charge in [-0.3, -0.25) is 4.79 Å². The summed E-state index contributed by atoms with van der Waals surface area (Å²) in [6.07, 6.45) is 16.0. The number of rotatable bonds is 4. The van der Waals surface area contributed by atoms with Crippen LogP contribution in [0.4, 0.5) is 0 Å². The maximum atomic E-state index is 13.3. The van der Waals surface area contributed by atoms with E-state index in [0.717, 1.165) is 31.4 Å². The molecule has 4 heteroatoms. The fourth-order valence-electron chi connectivity index (χ4n) is 4.61.